The van der Waals surface area contributed by atoms with Crippen molar-refractivity contribution in [2.24, 2.45) is 0 Å². The van der Waals surface area contributed by atoms with Gasteiger partial charge < -0.3 is 0 Å². The maximum absolute atomic E-state index is 5.40. The van der Waals surface area contributed by atoms with Crippen LogP contribution in [0.4, 0.5) is 0 Å². The van der Waals surface area contributed by atoms with Gasteiger partial charge in [0.1, 0.15) is 0 Å². The van der Waals surface area contributed by atoms with Crippen LogP contribution in [0.25, 0.3) is 89.8 Å². The number of hydrogen-bond donors (Lipinski definition) is 0. The molecule has 3 nitrogen and oxygen atoms in total. The highest BCUT2D eigenvalue weighted by Crippen LogP contribution is 2.62. The van der Waals surface area contributed by atoms with Gasteiger partial charge in [0.05, 0.1) is 5.41 Å². The molecule has 3 heteroatoms. The molecule has 0 amide bonds. The molecule has 9 aromatic carbocycles. The molecule has 0 N–H and O–H groups in total. The molecule has 1 heterocycles. The average molecular weight is 832 g/mol. The van der Waals surface area contributed by atoms with Gasteiger partial charge in [-0.15, -0.1) is 0 Å². The van der Waals surface area contributed by atoms with Crippen molar-refractivity contribution >= 4 is 0 Å². The van der Waals surface area contributed by atoms with E-state index in [0.717, 1.165) is 38.9 Å². The Kier molecular flexibility index (Phi) is 8.96. The molecule has 1 atom stereocenters. The Bertz CT molecular complexity index is 3370. The van der Waals surface area contributed by atoms with Crippen molar-refractivity contribution < 1.29 is 0 Å². The number of fused-ring (bicyclic) bond motifs is 12. The van der Waals surface area contributed by atoms with E-state index in [-0.39, 0.29) is 5.41 Å². The van der Waals surface area contributed by atoms with E-state index in [2.05, 4.69) is 239 Å². The molecule has 0 fully saturated rings. The summed E-state index contributed by atoms with van der Waals surface area (Å²) in [5, 5.41) is 0. The van der Waals surface area contributed by atoms with E-state index in [9.17, 15) is 0 Å². The first-order valence-electron chi connectivity index (χ1n) is 22.5. The van der Waals surface area contributed by atoms with Crippen LogP contribution < -0.4 is 0 Å². The van der Waals surface area contributed by atoms with Crippen molar-refractivity contribution in [1.29, 1.82) is 0 Å². The van der Waals surface area contributed by atoms with Gasteiger partial charge in [-0.3, -0.25) is 0 Å². The van der Waals surface area contributed by atoms with E-state index < -0.39 is 5.41 Å². The lowest BCUT2D eigenvalue weighted by atomic mass is 9.65. The summed E-state index contributed by atoms with van der Waals surface area (Å²) >= 11 is 0. The molecule has 2 aliphatic carbocycles. The highest BCUT2D eigenvalue weighted by molar-refractivity contribution is 5.98. The Morgan fingerprint density at radius 1 is 0.277 bits per heavy atom. The SMILES string of the molecule is CC(C)(C)c1ccc2c(c1)-c1ccccc1C21c2ccccc2-c2ccccc2-c2ccc(-c3nc(-c4cccc(-c5ccccc5)c4)nc(-c4cccc(-c5ccccc5)c4)n3)cc21. The minimum absolute atomic E-state index is 0.0161. The summed E-state index contributed by atoms with van der Waals surface area (Å²) in [7, 11) is 0. The smallest absolute Gasteiger partial charge is 0.164 e. The fourth-order valence-electron chi connectivity index (χ4n) is 10.4. The van der Waals surface area contributed by atoms with E-state index in [4.69, 9.17) is 15.0 Å². The average Bonchev–Trinajstić information content (AvgIpc) is 3.61. The fraction of sp³-hybridized carbons (Fsp3) is 0.0806. The molecule has 1 aromatic heterocycles. The van der Waals surface area contributed by atoms with Gasteiger partial charge in [0, 0.05) is 16.7 Å². The first kappa shape index (κ1) is 38.6. The van der Waals surface area contributed by atoms with Crippen LogP contribution in [0.15, 0.2) is 218 Å². The summed E-state index contributed by atoms with van der Waals surface area (Å²) in [6.07, 6.45) is 0. The number of benzene rings is 9. The maximum Gasteiger partial charge on any atom is 0.164 e. The van der Waals surface area contributed by atoms with Crippen LogP contribution in [0.5, 0.6) is 0 Å². The predicted molar refractivity (Wildman–Crippen MR) is 267 cm³/mol. The van der Waals surface area contributed by atoms with Crippen molar-refractivity contribution in [1.82, 2.24) is 15.0 Å². The zero-order chi connectivity index (χ0) is 43.7. The second-order valence-corrected chi connectivity index (χ2v) is 18.4. The summed E-state index contributed by atoms with van der Waals surface area (Å²) in [5.41, 5.74) is 20.4. The number of aromatic nitrogens is 3. The van der Waals surface area contributed by atoms with Gasteiger partial charge in [-0.25, -0.2) is 15.0 Å². The Morgan fingerprint density at radius 3 is 1.20 bits per heavy atom. The van der Waals surface area contributed by atoms with Crippen LogP contribution in [0, 0.1) is 0 Å². The molecule has 0 aliphatic heterocycles. The van der Waals surface area contributed by atoms with Crippen molar-refractivity contribution in [2.75, 3.05) is 0 Å². The van der Waals surface area contributed by atoms with Gasteiger partial charge in [0.2, 0.25) is 0 Å². The molecular formula is C62H45N3. The van der Waals surface area contributed by atoms with Crippen LogP contribution >= 0.6 is 0 Å². The Labute approximate surface area is 380 Å². The van der Waals surface area contributed by atoms with Gasteiger partial charge in [0.25, 0.3) is 0 Å². The first-order chi connectivity index (χ1) is 31.8. The van der Waals surface area contributed by atoms with E-state index in [1.165, 1.54) is 61.2 Å². The number of rotatable bonds is 5. The van der Waals surface area contributed by atoms with Crippen LogP contribution in [0.3, 0.4) is 0 Å². The zero-order valence-electron chi connectivity index (χ0n) is 36.6. The maximum atomic E-state index is 5.40. The topological polar surface area (TPSA) is 38.7 Å². The van der Waals surface area contributed by atoms with Crippen LogP contribution in [0.2, 0.25) is 0 Å². The van der Waals surface area contributed by atoms with Gasteiger partial charge in [-0.1, -0.05) is 221 Å². The highest BCUT2D eigenvalue weighted by atomic mass is 15.0. The monoisotopic (exact) mass is 831 g/mol. The van der Waals surface area contributed by atoms with Crippen molar-refractivity contribution in [3.05, 3.63) is 246 Å². The number of hydrogen-bond acceptors (Lipinski definition) is 3. The van der Waals surface area contributed by atoms with Gasteiger partial charge in [0.15, 0.2) is 17.5 Å². The van der Waals surface area contributed by atoms with E-state index in [1.807, 2.05) is 0 Å². The van der Waals surface area contributed by atoms with Gasteiger partial charge in [-0.05, 0) is 107 Å². The second-order valence-electron chi connectivity index (χ2n) is 18.4. The quantitative estimate of drug-likeness (QED) is 0.173. The first-order valence-corrected chi connectivity index (χ1v) is 22.5. The second kappa shape index (κ2) is 15.1. The molecule has 65 heavy (non-hydrogen) atoms. The minimum Gasteiger partial charge on any atom is -0.208 e. The van der Waals surface area contributed by atoms with Crippen LogP contribution in [-0.4, -0.2) is 15.0 Å². The standard InChI is InChI=1S/C62H45N3/c1-61(2,3)47-33-35-56-53(39-47)51-29-13-15-31-55(51)62(56)54-30-14-12-28-50(54)48-26-10-11-27-49(48)52-34-32-46(38-57(52)62)60-64-58(44-24-16-22-42(36-44)40-18-6-4-7-19-40)63-59(65-60)45-25-17-23-43(37-45)41-20-8-5-9-21-41/h4-39H,1-3H3. The van der Waals surface area contributed by atoms with Crippen LogP contribution in [-0.2, 0) is 10.8 Å². The Hall–Kier alpha value is -8.01. The highest BCUT2D eigenvalue weighted by Gasteiger charge is 2.50. The van der Waals surface area contributed by atoms with Gasteiger partial charge in [-0.2, -0.15) is 0 Å². The summed E-state index contributed by atoms with van der Waals surface area (Å²) in [4.78, 5) is 16.1. The summed E-state index contributed by atoms with van der Waals surface area (Å²) < 4.78 is 0. The van der Waals surface area contributed by atoms with E-state index >= 15 is 0 Å². The number of nitrogens with zero attached hydrogens (tertiary/aromatic N) is 3. The molecule has 1 unspecified atom stereocenters. The molecule has 0 radical (unpaired) electrons. The van der Waals surface area contributed by atoms with Crippen molar-refractivity contribution in [2.45, 2.75) is 31.6 Å². The molecule has 1 spiro atoms. The third kappa shape index (κ3) is 6.30. The van der Waals surface area contributed by atoms with E-state index in [1.54, 1.807) is 0 Å². The third-order valence-electron chi connectivity index (χ3n) is 13.5. The van der Waals surface area contributed by atoms with Crippen molar-refractivity contribution in [3.8, 4) is 89.8 Å². The lowest BCUT2D eigenvalue weighted by Crippen LogP contribution is -2.29. The third-order valence-corrected chi connectivity index (χ3v) is 13.5. The zero-order valence-corrected chi connectivity index (χ0v) is 36.6. The van der Waals surface area contributed by atoms with Gasteiger partial charge >= 0.3 is 0 Å². The molecule has 10 aromatic rings. The molecule has 0 saturated heterocycles. The molecule has 0 saturated carbocycles. The summed E-state index contributed by atoms with van der Waals surface area (Å²) in [5.74, 6) is 1.87. The lowest BCUT2D eigenvalue weighted by Gasteiger charge is -2.36. The Balaban J connectivity index is 1.14. The molecule has 308 valence electrons. The summed E-state index contributed by atoms with van der Waals surface area (Å²) in [6, 6.07) is 79.2. The lowest BCUT2D eigenvalue weighted by molar-refractivity contribution is 0.590. The summed E-state index contributed by atoms with van der Waals surface area (Å²) in [6.45, 7) is 6.91. The Morgan fingerprint density at radius 2 is 0.677 bits per heavy atom. The largest absolute Gasteiger partial charge is 0.208 e. The molecular weight excluding hydrogens is 787 g/mol. The molecule has 12 rings (SSSR count). The van der Waals surface area contributed by atoms with Crippen molar-refractivity contribution in [3.63, 3.8) is 0 Å². The normalized spacial score (nSPS) is 14.4. The fourth-order valence-corrected chi connectivity index (χ4v) is 10.4. The van der Waals surface area contributed by atoms with E-state index in [0.29, 0.717) is 17.5 Å². The predicted octanol–water partition coefficient (Wildman–Crippen LogP) is 15.5. The minimum atomic E-state index is -0.643. The van der Waals surface area contributed by atoms with Crippen LogP contribution in [0.1, 0.15) is 48.6 Å². The molecule has 2 aliphatic rings. The molecule has 0 bridgehead atoms.